The highest BCUT2D eigenvalue weighted by molar-refractivity contribution is 5.93. The van der Waals surface area contributed by atoms with Crippen molar-refractivity contribution in [1.82, 2.24) is 9.97 Å². The molecular formula is C26H21FN4O3. The van der Waals surface area contributed by atoms with E-state index in [1.807, 2.05) is 41.3 Å². The maximum atomic E-state index is 13.2. The van der Waals surface area contributed by atoms with Crippen molar-refractivity contribution in [2.24, 2.45) is 0 Å². The van der Waals surface area contributed by atoms with E-state index in [4.69, 9.17) is 13.8 Å². The van der Waals surface area contributed by atoms with Crippen LogP contribution in [0.5, 0.6) is 0 Å². The summed E-state index contributed by atoms with van der Waals surface area (Å²) in [6.07, 6.45) is 3.38. The van der Waals surface area contributed by atoms with Crippen LogP contribution in [0.2, 0.25) is 0 Å². The number of amides is 1. The fourth-order valence-electron chi connectivity index (χ4n) is 3.66. The number of carbonyl (C=O) groups excluding carboxylic acids is 1. The minimum absolute atomic E-state index is 0.187. The van der Waals surface area contributed by atoms with Crippen LogP contribution in [0.1, 0.15) is 12.2 Å². The van der Waals surface area contributed by atoms with Gasteiger partial charge in [0.05, 0.1) is 24.6 Å². The van der Waals surface area contributed by atoms with Gasteiger partial charge in [0.15, 0.2) is 11.6 Å². The number of nitrogens with one attached hydrogen (secondary N) is 1. The van der Waals surface area contributed by atoms with E-state index in [1.54, 1.807) is 24.7 Å². The van der Waals surface area contributed by atoms with Crippen LogP contribution in [0.4, 0.5) is 15.9 Å². The van der Waals surface area contributed by atoms with Crippen molar-refractivity contribution in [1.29, 1.82) is 0 Å². The molecule has 0 aliphatic carbocycles. The molecule has 5 rings (SSSR count). The van der Waals surface area contributed by atoms with Crippen LogP contribution in [-0.2, 0) is 11.3 Å². The number of benzene rings is 2. The Labute approximate surface area is 194 Å². The second-order valence-corrected chi connectivity index (χ2v) is 7.67. The van der Waals surface area contributed by atoms with Gasteiger partial charge < -0.3 is 19.1 Å². The highest BCUT2D eigenvalue weighted by Crippen LogP contribution is 2.29. The van der Waals surface area contributed by atoms with E-state index in [1.165, 1.54) is 24.3 Å². The SMILES string of the molecule is O=C(CCN(Cc1ccco1)c1nc(-c2ccco2)nc2ccccc12)Nc1ccc(F)cc1. The predicted molar refractivity (Wildman–Crippen MR) is 127 cm³/mol. The number of nitrogens with zero attached hydrogens (tertiary/aromatic N) is 3. The molecule has 0 unspecified atom stereocenters. The molecule has 5 aromatic rings. The van der Waals surface area contributed by atoms with Crippen LogP contribution in [0, 0.1) is 5.82 Å². The van der Waals surface area contributed by atoms with Crippen LogP contribution in [0.3, 0.4) is 0 Å². The number of anilines is 2. The van der Waals surface area contributed by atoms with Crippen LogP contribution in [-0.4, -0.2) is 22.4 Å². The Balaban J connectivity index is 1.45. The third-order valence-corrected chi connectivity index (χ3v) is 5.29. The molecule has 0 bridgehead atoms. The summed E-state index contributed by atoms with van der Waals surface area (Å²) in [4.78, 5) is 24.1. The van der Waals surface area contributed by atoms with Gasteiger partial charge in [0.2, 0.25) is 5.91 Å². The van der Waals surface area contributed by atoms with Gasteiger partial charge in [-0.15, -0.1) is 0 Å². The van der Waals surface area contributed by atoms with Gasteiger partial charge in [-0.05, 0) is 60.7 Å². The van der Waals surface area contributed by atoms with Gasteiger partial charge in [0.1, 0.15) is 17.4 Å². The lowest BCUT2D eigenvalue weighted by atomic mass is 10.2. The topological polar surface area (TPSA) is 84.4 Å². The minimum atomic E-state index is -0.356. The first kappa shape index (κ1) is 21.4. The first-order valence-corrected chi connectivity index (χ1v) is 10.8. The molecule has 1 amide bonds. The maximum absolute atomic E-state index is 13.2. The average Bonchev–Trinajstić information content (AvgIpc) is 3.57. The average molecular weight is 456 g/mol. The maximum Gasteiger partial charge on any atom is 0.226 e. The zero-order chi connectivity index (χ0) is 23.3. The van der Waals surface area contributed by atoms with Gasteiger partial charge in [0.25, 0.3) is 0 Å². The van der Waals surface area contributed by atoms with E-state index < -0.39 is 0 Å². The number of rotatable bonds is 8. The van der Waals surface area contributed by atoms with Crippen LogP contribution >= 0.6 is 0 Å². The molecular weight excluding hydrogens is 435 g/mol. The lowest BCUT2D eigenvalue weighted by molar-refractivity contribution is -0.116. The van der Waals surface area contributed by atoms with Crippen molar-refractivity contribution >= 4 is 28.3 Å². The molecule has 1 N–H and O–H groups in total. The van der Waals surface area contributed by atoms with E-state index in [-0.39, 0.29) is 18.1 Å². The van der Waals surface area contributed by atoms with E-state index in [0.717, 1.165) is 16.7 Å². The highest BCUT2D eigenvalue weighted by atomic mass is 19.1. The first-order chi connectivity index (χ1) is 16.7. The summed E-state index contributed by atoms with van der Waals surface area (Å²) in [5.41, 5.74) is 1.30. The Morgan fingerprint density at radius 3 is 2.47 bits per heavy atom. The van der Waals surface area contributed by atoms with Crippen molar-refractivity contribution in [2.45, 2.75) is 13.0 Å². The van der Waals surface area contributed by atoms with Crippen molar-refractivity contribution in [2.75, 3.05) is 16.8 Å². The molecule has 0 saturated carbocycles. The molecule has 170 valence electrons. The van der Waals surface area contributed by atoms with Crippen molar-refractivity contribution in [3.63, 3.8) is 0 Å². The van der Waals surface area contributed by atoms with Crippen LogP contribution in [0.25, 0.3) is 22.5 Å². The summed E-state index contributed by atoms with van der Waals surface area (Å²) in [5, 5.41) is 3.65. The lowest BCUT2D eigenvalue weighted by Crippen LogP contribution is -2.28. The van der Waals surface area contributed by atoms with Gasteiger partial charge in [-0.1, -0.05) is 12.1 Å². The molecule has 7 nitrogen and oxygen atoms in total. The summed E-state index contributed by atoms with van der Waals surface area (Å²) in [5.74, 6) is 1.87. The number of para-hydroxylation sites is 1. The van der Waals surface area contributed by atoms with E-state index >= 15 is 0 Å². The van der Waals surface area contributed by atoms with Gasteiger partial charge in [-0.3, -0.25) is 4.79 Å². The molecule has 0 fully saturated rings. The molecule has 3 aromatic heterocycles. The van der Waals surface area contributed by atoms with Gasteiger partial charge in [-0.2, -0.15) is 0 Å². The quantitative estimate of drug-likeness (QED) is 0.324. The Hall–Kier alpha value is -4.46. The molecule has 0 aliphatic heterocycles. The Bertz CT molecular complexity index is 1380. The molecule has 34 heavy (non-hydrogen) atoms. The van der Waals surface area contributed by atoms with E-state index in [9.17, 15) is 9.18 Å². The van der Waals surface area contributed by atoms with E-state index in [0.29, 0.717) is 36.2 Å². The molecule has 0 atom stereocenters. The predicted octanol–water partition coefficient (Wildman–Crippen LogP) is 5.66. The van der Waals surface area contributed by atoms with Gasteiger partial charge in [-0.25, -0.2) is 14.4 Å². The van der Waals surface area contributed by atoms with E-state index in [2.05, 4.69) is 10.3 Å². The summed E-state index contributed by atoms with van der Waals surface area (Å²) >= 11 is 0. The Morgan fingerprint density at radius 1 is 0.912 bits per heavy atom. The smallest absolute Gasteiger partial charge is 0.226 e. The highest BCUT2D eigenvalue weighted by Gasteiger charge is 2.19. The molecule has 8 heteroatoms. The molecule has 0 radical (unpaired) electrons. The number of fused-ring (bicyclic) bond motifs is 1. The number of carbonyl (C=O) groups is 1. The van der Waals surface area contributed by atoms with Gasteiger partial charge >= 0.3 is 0 Å². The van der Waals surface area contributed by atoms with Crippen molar-refractivity contribution in [3.05, 3.63) is 96.9 Å². The third-order valence-electron chi connectivity index (χ3n) is 5.29. The number of halogens is 1. The molecule has 0 aliphatic rings. The standard InChI is InChI=1S/C26H21FN4O3/c27-18-9-11-19(12-10-18)28-24(32)13-14-31(17-20-5-3-15-33-20)26-21-6-1-2-7-22(21)29-25(30-26)23-8-4-16-34-23/h1-12,15-16H,13-14,17H2,(H,28,32). The molecule has 2 aromatic carbocycles. The zero-order valence-electron chi connectivity index (χ0n) is 18.1. The van der Waals surface area contributed by atoms with Crippen molar-refractivity contribution < 1.29 is 18.0 Å². The summed E-state index contributed by atoms with van der Waals surface area (Å²) in [6, 6.07) is 20.7. The van der Waals surface area contributed by atoms with Crippen LogP contribution in [0.15, 0.2) is 94.2 Å². The fourth-order valence-corrected chi connectivity index (χ4v) is 3.66. The van der Waals surface area contributed by atoms with Crippen molar-refractivity contribution in [3.8, 4) is 11.6 Å². The second kappa shape index (κ2) is 9.58. The largest absolute Gasteiger partial charge is 0.467 e. The summed E-state index contributed by atoms with van der Waals surface area (Å²) in [6.45, 7) is 0.780. The number of hydrogen-bond acceptors (Lipinski definition) is 6. The normalized spacial score (nSPS) is 11.0. The third kappa shape index (κ3) is 4.80. The van der Waals surface area contributed by atoms with Gasteiger partial charge in [0, 0.05) is 24.0 Å². The summed E-state index contributed by atoms with van der Waals surface area (Å²) < 4.78 is 24.3. The fraction of sp³-hybridized carbons (Fsp3) is 0.115. The minimum Gasteiger partial charge on any atom is -0.467 e. The number of hydrogen-bond donors (Lipinski definition) is 1. The Kier molecular flexibility index (Phi) is 6.03. The molecule has 0 spiro atoms. The first-order valence-electron chi connectivity index (χ1n) is 10.8. The molecule has 3 heterocycles. The van der Waals surface area contributed by atoms with Crippen LogP contribution < -0.4 is 10.2 Å². The molecule has 0 saturated heterocycles. The number of aromatic nitrogens is 2. The monoisotopic (exact) mass is 456 g/mol. The zero-order valence-corrected chi connectivity index (χ0v) is 18.1. The number of furan rings is 2. The second-order valence-electron chi connectivity index (χ2n) is 7.67. The lowest BCUT2D eigenvalue weighted by Gasteiger charge is -2.24. The summed E-state index contributed by atoms with van der Waals surface area (Å²) in [7, 11) is 0. The Morgan fingerprint density at radius 2 is 1.71 bits per heavy atom.